The number of fused-ring (bicyclic) bond motifs is 3. The normalized spacial score (nSPS) is 15.7. The van der Waals surface area contributed by atoms with Crippen molar-refractivity contribution in [3.8, 4) is 17.3 Å². The molecular weight excluding hydrogens is 408 g/mol. The zero-order valence-corrected chi connectivity index (χ0v) is 18.2. The lowest BCUT2D eigenvalue weighted by molar-refractivity contribution is -0.690. The molecule has 1 atom stereocenters. The Morgan fingerprint density at radius 3 is 2.72 bits per heavy atom. The van der Waals surface area contributed by atoms with Crippen LogP contribution in [0.4, 0.5) is 0 Å². The zero-order valence-electron chi connectivity index (χ0n) is 18.2. The van der Waals surface area contributed by atoms with Crippen LogP contribution in [0.5, 0.6) is 11.6 Å². The van der Waals surface area contributed by atoms with E-state index in [1.165, 1.54) is 4.57 Å². The molecule has 164 valence electrons. The van der Waals surface area contributed by atoms with Crippen molar-refractivity contribution in [2.75, 3.05) is 13.7 Å². The average molecular weight is 433 g/mol. The molecule has 4 aromatic rings. The van der Waals surface area contributed by atoms with Gasteiger partial charge >= 0.3 is 5.69 Å². The number of nitrogens with two attached hydrogens (primary N) is 1. The fourth-order valence-electron chi connectivity index (χ4n) is 4.69. The van der Waals surface area contributed by atoms with E-state index in [1.807, 2.05) is 55.6 Å². The van der Waals surface area contributed by atoms with Gasteiger partial charge in [0.1, 0.15) is 11.3 Å². The summed E-state index contributed by atoms with van der Waals surface area (Å²) in [6.45, 7) is 4.52. The number of rotatable bonds is 3. The first kappa shape index (κ1) is 20.1. The highest BCUT2D eigenvalue weighted by Crippen LogP contribution is 2.34. The van der Waals surface area contributed by atoms with Gasteiger partial charge in [0.05, 0.1) is 25.0 Å². The Morgan fingerprint density at radius 1 is 1.12 bits per heavy atom. The van der Waals surface area contributed by atoms with Gasteiger partial charge in [0.15, 0.2) is 6.04 Å². The maximum atomic E-state index is 12.9. The molecule has 8 nitrogen and oxygen atoms in total. The fraction of sp³-hybridized carbons (Fsp3) is 0.250. The first-order valence-electron chi connectivity index (χ1n) is 10.6. The number of nitrogens with zero attached hydrogens (tertiary/aromatic N) is 1. The number of hydrogen-bond donors (Lipinski definition) is 4. The van der Waals surface area contributed by atoms with Crippen molar-refractivity contribution in [3.05, 3.63) is 85.2 Å². The molecule has 0 saturated heterocycles. The summed E-state index contributed by atoms with van der Waals surface area (Å²) in [7, 11) is 1.63. The van der Waals surface area contributed by atoms with Crippen LogP contribution in [0.25, 0.3) is 16.6 Å². The number of aromatic hydroxyl groups is 1. The van der Waals surface area contributed by atoms with Crippen LogP contribution in [0.1, 0.15) is 34.0 Å². The Morgan fingerprint density at radius 2 is 1.94 bits per heavy atom. The summed E-state index contributed by atoms with van der Waals surface area (Å²) in [5, 5.41) is 14.3. The summed E-state index contributed by atoms with van der Waals surface area (Å²) in [4.78, 5) is 31.5. The Balaban J connectivity index is 1.75. The van der Waals surface area contributed by atoms with E-state index in [-0.39, 0.29) is 11.4 Å². The lowest BCUT2D eigenvalue weighted by atomic mass is 9.95. The van der Waals surface area contributed by atoms with Gasteiger partial charge in [0.2, 0.25) is 5.88 Å². The Labute approximate surface area is 183 Å². The average Bonchev–Trinajstić information content (AvgIpc) is 3.14. The van der Waals surface area contributed by atoms with E-state index in [0.29, 0.717) is 5.69 Å². The number of aryl methyl sites for hydroxylation is 2. The molecule has 0 aliphatic carbocycles. The van der Waals surface area contributed by atoms with Crippen molar-refractivity contribution in [2.24, 2.45) is 0 Å². The highest BCUT2D eigenvalue weighted by Gasteiger charge is 2.34. The third kappa shape index (κ3) is 3.03. The van der Waals surface area contributed by atoms with Gasteiger partial charge < -0.3 is 20.1 Å². The summed E-state index contributed by atoms with van der Waals surface area (Å²) >= 11 is 0. The topological polar surface area (TPSA) is 117 Å². The van der Waals surface area contributed by atoms with E-state index >= 15 is 0 Å². The minimum Gasteiger partial charge on any atom is -0.497 e. The van der Waals surface area contributed by atoms with Gasteiger partial charge in [0.25, 0.3) is 5.56 Å². The Kier molecular flexibility index (Phi) is 4.67. The number of aromatic amines is 2. The van der Waals surface area contributed by atoms with Gasteiger partial charge in [0, 0.05) is 17.3 Å². The summed E-state index contributed by atoms with van der Waals surface area (Å²) < 4.78 is 6.56. The van der Waals surface area contributed by atoms with E-state index in [2.05, 4.69) is 9.97 Å². The first-order valence-corrected chi connectivity index (χ1v) is 10.6. The molecule has 1 aliphatic rings. The lowest BCUT2D eigenvalue weighted by Gasteiger charge is -2.22. The first-order chi connectivity index (χ1) is 15.4. The monoisotopic (exact) mass is 433 g/mol. The van der Waals surface area contributed by atoms with Crippen molar-refractivity contribution >= 4 is 10.9 Å². The third-order valence-electron chi connectivity index (χ3n) is 6.29. The van der Waals surface area contributed by atoms with Crippen LogP contribution in [0.15, 0.2) is 46.0 Å². The van der Waals surface area contributed by atoms with Gasteiger partial charge in [-0.05, 0) is 54.8 Å². The Hall–Kier alpha value is -3.78. The maximum Gasteiger partial charge on any atom is 0.335 e. The molecule has 0 saturated carbocycles. The standard InChI is InChI=1S/C24H24N4O4/c1-12-4-5-13(2)18(10-12)28-23(30)19(22(29)27-24(28)31)21-20-15(8-9-25-21)16-11-14(32-3)6-7-17(16)26-20/h4-7,10-11,21,25-26,30H,8-9H2,1-3H3,(H,27,29,31)/p+1/t21-/m0/s1. The predicted octanol–water partition coefficient (Wildman–Crippen LogP) is 1.55. The van der Waals surface area contributed by atoms with Gasteiger partial charge in [-0.15, -0.1) is 0 Å². The highest BCUT2D eigenvalue weighted by molar-refractivity contribution is 5.86. The number of hydrogen-bond acceptors (Lipinski definition) is 4. The maximum absolute atomic E-state index is 12.9. The van der Waals surface area contributed by atoms with Gasteiger partial charge in [-0.3, -0.25) is 9.78 Å². The molecule has 8 heteroatoms. The summed E-state index contributed by atoms with van der Waals surface area (Å²) in [6.07, 6.45) is 0.814. The van der Waals surface area contributed by atoms with Gasteiger partial charge in [-0.25, -0.2) is 9.36 Å². The molecule has 5 N–H and O–H groups in total. The highest BCUT2D eigenvalue weighted by atomic mass is 16.5. The minimum atomic E-state index is -0.664. The third-order valence-corrected chi connectivity index (χ3v) is 6.29. The predicted molar refractivity (Wildman–Crippen MR) is 121 cm³/mol. The molecule has 32 heavy (non-hydrogen) atoms. The summed E-state index contributed by atoms with van der Waals surface area (Å²) in [6, 6.07) is 11.0. The molecule has 2 aromatic carbocycles. The molecule has 2 aromatic heterocycles. The van der Waals surface area contributed by atoms with E-state index in [0.717, 1.165) is 52.0 Å². The van der Waals surface area contributed by atoms with Crippen molar-refractivity contribution < 1.29 is 15.2 Å². The van der Waals surface area contributed by atoms with Crippen molar-refractivity contribution in [1.29, 1.82) is 0 Å². The molecule has 0 bridgehead atoms. The van der Waals surface area contributed by atoms with Crippen LogP contribution in [-0.4, -0.2) is 33.3 Å². The van der Waals surface area contributed by atoms with Crippen molar-refractivity contribution in [2.45, 2.75) is 26.3 Å². The number of nitrogens with one attached hydrogen (secondary N) is 2. The molecule has 0 amide bonds. The van der Waals surface area contributed by atoms with Crippen LogP contribution in [0.3, 0.4) is 0 Å². The van der Waals surface area contributed by atoms with Crippen molar-refractivity contribution in [3.63, 3.8) is 0 Å². The second-order valence-corrected chi connectivity index (χ2v) is 8.30. The summed E-state index contributed by atoms with van der Waals surface area (Å²) in [5.41, 5.74) is 4.10. The van der Waals surface area contributed by atoms with Crippen molar-refractivity contribution in [1.82, 2.24) is 14.5 Å². The number of ether oxygens (including phenoxy) is 1. The van der Waals surface area contributed by atoms with E-state index in [9.17, 15) is 14.7 Å². The number of benzene rings is 2. The Bertz CT molecular complexity index is 1480. The molecule has 1 aliphatic heterocycles. The van der Waals surface area contributed by atoms with Crippen LogP contribution in [-0.2, 0) is 6.42 Å². The van der Waals surface area contributed by atoms with Gasteiger partial charge in [-0.2, -0.15) is 0 Å². The number of aromatic nitrogens is 3. The van der Waals surface area contributed by atoms with E-state index < -0.39 is 17.3 Å². The molecule has 0 fully saturated rings. The second kappa shape index (κ2) is 7.42. The summed E-state index contributed by atoms with van der Waals surface area (Å²) in [5.74, 6) is 0.423. The van der Waals surface area contributed by atoms with E-state index in [4.69, 9.17) is 4.74 Å². The molecule has 0 unspecified atom stereocenters. The van der Waals surface area contributed by atoms with Gasteiger partial charge in [-0.1, -0.05) is 12.1 Å². The van der Waals surface area contributed by atoms with Crippen LogP contribution < -0.4 is 21.3 Å². The number of methoxy groups -OCH3 is 1. The quantitative estimate of drug-likeness (QED) is 0.392. The molecule has 5 rings (SSSR count). The minimum absolute atomic E-state index is 0.157. The fourth-order valence-corrected chi connectivity index (χ4v) is 4.69. The number of quaternary nitrogens is 1. The smallest absolute Gasteiger partial charge is 0.335 e. The number of H-pyrrole nitrogens is 2. The molecular formula is C24H25N4O4+. The lowest BCUT2D eigenvalue weighted by Crippen LogP contribution is -2.87. The molecule has 0 spiro atoms. The molecule has 0 radical (unpaired) electrons. The van der Waals surface area contributed by atoms with E-state index in [1.54, 1.807) is 7.11 Å². The largest absolute Gasteiger partial charge is 0.497 e. The molecule has 3 heterocycles. The second-order valence-electron chi connectivity index (χ2n) is 8.30. The van der Waals surface area contributed by atoms with Crippen LogP contribution >= 0.6 is 0 Å². The SMILES string of the molecule is COc1ccc2[nH]c3c(c2c1)CC[NH2+][C@H]3c1c(O)n(-c2cc(C)ccc2C)c(=O)[nH]c1=O. The zero-order chi connectivity index (χ0) is 22.6. The van der Waals surface area contributed by atoms with Crippen LogP contribution in [0.2, 0.25) is 0 Å². The van der Waals surface area contributed by atoms with Crippen LogP contribution in [0, 0.1) is 13.8 Å².